The van der Waals surface area contributed by atoms with Gasteiger partial charge < -0.3 is 19.8 Å². The lowest BCUT2D eigenvalue weighted by molar-refractivity contribution is -0.207. The zero-order valence-electron chi connectivity index (χ0n) is 27.5. The first-order valence-corrected chi connectivity index (χ1v) is 18.9. The van der Waals surface area contributed by atoms with Gasteiger partial charge in [0.05, 0.1) is 18.8 Å². The molecule has 2 saturated carbocycles. The molecule has 3 unspecified atom stereocenters. The number of aliphatic hydroxyl groups excluding tert-OH is 2. The average molecular weight is 647 g/mol. The molecule has 1 amide bonds. The van der Waals surface area contributed by atoms with Crippen molar-refractivity contribution < 1.29 is 28.2 Å². The third-order valence-corrected chi connectivity index (χ3v) is 14.2. The zero-order valence-corrected chi connectivity index (χ0v) is 28.3. The molecule has 10 atom stereocenters. The van der Waals surface area contributed by atoms with Crippen LogP contribution in [-0.2, 0) is 14.8 Å². The number of fused-ring (bicyclic) bond motifs is 5. The number of amides is 1. The number of aromatic nitrogens is 1. The van der Waals surface area contributed by atoms with Crippen molar-refractivity contribution in [2.75, 3.05) is 31.1 Å². The van der Waals surface area contributed by atoms with Crippen LogP contribution in [0.1, 0.15) is 91.9 Å². The lowest BCUT2D eigenvalue weighted by Crippen LogP contribution is -2.72. The van der Waals surface area contributed by atoms with E-state index in [1.807, 2.05) is 0 Å². The van der Waals surface area contributed by atoms with Gasteiger partial charge in [0.2, 0.25) is 0 Å². The number of ether oxygens (including phenoxy) is 1. The maximum Gasteiger partial charge on any atom is 0.421 e. The fraction of sp³-hybridized carbons (Fsp3) is 0.824. The molecule has 5 aliphatic rings. The van der Waals surface area contributed by atoms with Crippen LogP contribution < -0.4 is 9.62 Å². The van der Waals surface area contributed by atoms with Crippen LogP contribution in [0.15, 0.2) is 23.2 Å². The monoisotopic (exact) mass is 646 g/mol. The smallest absolute Gasteiger partial charge is 0.421 e. The number of nitrogens with one attached hydrogen (secondary N) is 1. The van der Waals surface area contributed by atoms with Crippen molar-refractivity contribution in [1.82, 2.24) is 14.6 Å². The fourth-order valence-corrected chi connectivity index (χ4v) is 11.5. The van der Waals surface area contributed by atoms with Crippen molar-refractivity contribution in [3.8, 4) is 0 Å². The number of aliphatic hydroxyl groups is 2. The van der Waals surface area contributed by atoms with Gasteiger partial charge in [-0.1, -0.05) is 20.8 Å². The van der Waals surface area contributed by atoms with Crippen LogP contribution in [0, 0.1) is 35.0 Å². The number of carbonyl (C=O) groups is 1. The summed E-state index contributed by atoms with van der Waals surface area (Å²) in [5.41, 5.74) is 0.00512. The summed E-state index contributed by atoms with van der Waals surface area (Å²) in [5.74, 6) is 2.10. The van der Waals surface area contributed by atoms with Crippen LogP contribution in [0.5, 0.6) is 0 Å². The van der Waals surface area contributed by atoms with Gasteiger partial charge in [-0.15, -0.1) is 0 Å². The summed E-state index contributed by atoms with van der Waals surface area (Å²) < 4.78 is 33.5. The van der Waals surface area contributed by atoms with Crippen molar-refractivity contribution in [2.24, 2.45) is 35.0 Å². The maximum atomic E-state index is 12.9. The number of sulfonamides is 1. The number of pyridine rings is 1. The molecule has 1 aromatic rings. The van der Waals surface area contributed by atoms with Crippen molar-refractivity contribution in [3.63, 3.8) is 0 Å². The Morgan fingerprint density at radius 3 is 2.53 bits per heavy atom. The molecule has 10 nitrogen and oxygen atoms in total. The van der Waals surface area contributed by atoms with E-state index in [9.17, 15) is 23.4 Å². The van der Waals surface area contributed by atoms with Gasteiger partial charge >= 0.3 is 6.09 Å². The Morgan fingerprint density at radius 2 is 1.84 bits per heavy atom. The van der Waals surface area contributed by atoms with Gasteiger partial charge in [0.1, 0.15) is 10.7 Å². The highest BCUT2D eigenvalue weighted by Crippen LogP contribution is 2.65. The quantitative estimate of drug-likeness (QED) is 0.390. The molecule has 0 spiro atoms. The van der Waals surface area contributed by atoms with Crippen LogP contribution in [-0.4, -0.2) is 84.6 Å². The van der Waals surface area contributed by atoms with E-state index in [2.05, 4.69) is 47.2 Å². The highest BCUT2D eigenvalue weighted by molar-refractivity contribution is 7.90. The molecule has 0 bridgehead atoms. The molecule has 4 heterocycles. The minimum atomic E-state index is -4.10. The van der Waals surface area contributed by atoms with E-state index >= 15 is 0 Å². The van der Waals surface area contributed by atoms with Gasteiger partial charge in [-0.25, -0.2) is 22.9 Å². The summed E-state index contributed by atoms with van der Waals surface area (Å²) >= 11 is 0. The zero-order chi connectivity index (χ0) is 32.1. The predicted octanol–water partition coefficient (Wildman–Crippen LogP) is 4.55. The van der Waals surface area contributed by atoms with Gasteiger partial charge in [0.15, 0.2) is 0 Å². The lowest BCUT2D eigenvalue weighted by Gasteiger charge is -2.66. The van der Waals surface area contributed by atoms with Crippen molar-refractivity contribution >= 4 is 21.9 Å². The molecular weight excluding hydrogens is 592 g/mol. The number of anilines is 1. The Kier molecular flexibility index (Phi) is 9.22. The summed E-state index contributed by atoms with van der Waals surface area (Å²) in [6.07, 6.45) is 9.78. The first-order chi connectivity index (χ1) is 21.4. The lowest BCUT2D eigenvalue weighted by atomic mass is 9.49. The minimum Gasteiger partial charge on any atom is -0.449 e. The van der Waals surface area contributed by atoms with E-state index in [0.717, 1.165) is 76.7 Å². The normalized spacial score (nSPS) is 39.3. The molecular formula is C34H54N4O6S. The highest BCUT2D eigenvalue weighted by atomic mass is 32.2. The van der Waals surface area contributed by atoms with E-state index in [0.29, 0.717) is 24.3 Å². The van der Waals surface area contributed by atoms with Gasteiger partial charge in [0, 0.05) is 37.4 Å². The minimum absolute atomic E-state index is 0.00901. The fourth-order valence-electron chi connectivity index (χ4n) is 10.7. The molecule has 2 aliphatic carbocycles. The number of piperidine rings is 3. The SMILES string of the molecule is CC[C@H]1[C@@H](O)[C@H]2[C@@H]3CCC([C@H](C)COC(=O)NS(=O)(=O)c4ccc(N5CCCCC5)nc4)C3(C)CC[C@@H]2C2(C)CC[C@@H](O)CN12. The first kappa shape index (κ1) is 33.0. The number of nitrogens with zero attached hydrogens (tertiary/aromatic N) is 3. The Hall–Kier alpha value is -1.95. The number of carbonyl (C=O) groups excluding carboxylic acids is 1. The maximum absolute atomic E-state index is 12.9. The molecule has 252 valence electrons. The second kappa shape index (κ2) is 12.6. The summed E-state index contributed by atoms with van der Waals surface area (Å²) in [6, 6.07) is 3.24. The number of rotatable bonds is 7. The van der Waals surface area contributed by atoms with E-state index < -0.39 is 22.2 Å². The van der Waals surface area contributed by atoms with Crippen molar-refractivity contribution in [2.45, 2.75) is 121 Å². The third-order valence-electron chi connectivity index (χ3n) is 13.0. The molecule has 3 saturated heterocycles. The summed E-state index contributed by atoms with van der Waals surface area (Å²) in [5, 5.41) is 22.4. The van der Waals surface area contributed by atoms with Gasteiger partial charge in [0.25, 0.3) is 10.0 Å². The molecule has 11 heteroatoms. The first-order valence-electron chi connectivity index (χ1n) is 17.4. The Labute approximate surface area is 269 Å². The summed E-state index contributed by atoms with van der Waals surface area (Å²) in [6.45, 7) is 11.6. The molecule has 5 fully saturated rings. The van der Waals surface area contributed by atoms with Gasteiger partial charge in [-0.3, -0.25) is 4.90 Å². The molecule has 3 aliphatic heterocycles. The Balaban J connectivity index is 1.08. The second-order valence-electron chi connectivity index (χ2n) is 15.3. The summed E-state index contributed by atoms with van der Waals surface area (Å²) in [7, 11) is -4.10. The van der Waals surface area contributed by atoms with Gasteiger partial charge in [-0.05, 0) is 118 Å². The summed E-state index contributed by atoms with van der Waals surface area (Å²) in [4.78, 5) is 21.6. The van der Waals surface area contributed by atoms with Crippen LogP contribution in [0.4, 0.5) is 10.6 Å². The third kappa shape index (κ3) is 5.89. The van der Waals surface area contributed by atoms with E-state index in [4.69, 9.17) is 4.74 Å². The number of hydrogen-bond donors (Lipinski definition) is 3. The molecule has 6 rings (SSSR count). The van der Waals surface area contributed by atoms with Crippen LogP contribution in [0.25, 0.3) is 0 Å². The van der Waals surface area contributed by atoms with Crippen LogP contribution in [0.3, 0.4) is 0 Å². The predicted molar refractivity (Wildman–Crippen MR) is 172 cm³/mol. The average Bonchev–Trinajstić information content (AvgIpc) is 3.38. The highest BCUT2D eigenvalue weighted by Gasteiger charge is 2.64. The van der Waals surface area contributed by atoms with Crippen LogP contribution >= 0.6 is 0 Å². The molecule has 1 aromatic heterocycles. The largest absolute Gasteiger partial charge is 0.449 e. The second-order valence-corrected chi connectivity index (χ2v) is 17.0. The van der Waals surface area contributed by atoms with E-state index in [-0.39, 0.29) is 46.4 Å². The molecule has 45 heavy (non-hydrogen) atoms. The molecule has 0 aromatic carbocycles. The Morgan fingerprint density at radius 1 is 1.09 bits per heavy atom. The molecule has 3 N–H and O–H groups in total. The van der Waals surface area contributed by atoms with E-state index in [1.165, 1.54) is 18.7 Å². The Bertz CT molecular complexity index is 1320. The van der Waals surface area contributed by atoms with Gasteiger partial charge in [-0.2, -0.15) is 0 Å². The number of β-amino-alcohol motifs (C(OH)–C–C–N with tert-alkyl or cyclic N) is 1. The van der Waals surface area contributed by atoms with Crippen molar-refractivity contribution in [1.29, 1.82) is 0 Å². The van der Waals surface area contributed by atoms with E-state index in [1.54, 1.807) is 6.07 Å². The number of hydrogen-bond acceptors (Lipinski definition) is 9. The molecule has 0 radical (unpaired) electrons. The topological polar surface area (TPSA) is 132 Å². The van der Waals surface area contributed by atoms with Crippen LogP contribution in [0.2, 0.25) is 0 Å². The van der Waals surface area contributed by atoms with Crippen molar-refractivity contribution in [3.05, 3.63) is 18.3 Å². The standard InChI is InChI=1S/C34H54N4O6S/c1-5-28-31(40)30-26-11-10-25(33(26,3)15-14-27(30)34(4)16-13-23(39)20-38(28)34)22(2)21-44-32(41)36-45(42,43)24-9-12-29(35-19-24)37-17-7-6-8-18-37/h9,12,19,22-23,25-28,30-31,39-40H,5-8,10-11,13-18,20-21H2,1-4H3,(H,36,41)/t22-,23-,25?,26+,27+,28+,30+,31-,33?,34?/m1/s1.